The van der Waals surface area contributed by atoms with E-state index in [1.807, 2.05) is 35.0 Å². The summed E-state index contributed by atoms with van der Waals surface area (Å²) in [6, 6.07) is 7.39. The summed E-state index contributed by atoms with van der Waals surface area (Å²) in [5, 5.41) is 12.3. The summed E-state index contributed by atoms with van der Waals surface area (Å²) in [5.41, 5.74) is 0. The third kappa shape index (κ3) is 2.96. The summed E-state index contributed by atoms with van der Waals surface area (Å²) < 4.78 is 4.79. The van der Waals surface area contributed by atoms with Crippen LogP contribution in [0.15, 0.2) is 35.0 Å². The number of carboxylic acid groups (broad SMARTS) is 1. The average molecular weight is 282 g/mol. The van der Waals surface area contributed by atoms with Gasteiger partial charge in [-0.15, -0.1) is 22.7 Å². The summed E-state index contributed by atoms with van der Waals surface area (Å²) >= 11 is 2.90. The van der Waals surface area contributed by atoms with E-state index in [2.05, 4.69) is 0 Å². The van der Waals surface area contributed by atoms with Crippen LogP contribution in [-0.4, -0.2) is 23.7 Å². The van der Waals surface area contributed by atoms with E-state index < -0.39 is 24.5 Å². The molecule has 0 unspecified atom stereocenters. The maximum absolute atomic E-state index is 12.0. The van der Waals surface area contributed by atoms with Crippen molar-refractivity contribution in [3.05, 3.63) is 44.8 Å². The van der Waals surface area contributed by atoms with Gasteiger partial charge in [0, 0.05) is 9.75 Å². The number of carbonyl (C=O) groups excluding carboxylic acids is 1. The Bertz CT molecular complexity index is 482. The molecule has 2 heterocycles. The van der Waals surface area contributed by atoms with E-state index in [0.29, 0.717) is 0 Å². The summed E-state index contributed by atoms with van der Waals surface area (Å²) in [7, 11) is 0. The molecular formula is C12H10O4S2. The minimum Gasteiger partial charge on any atom is -0.479 e. The zero-order valence-corrected chi connectivity index (χ0v) is 10.9. The highest BCUT2D eigenvalue weighted by molar-refractivity contribution is 7.11. The zero-order valence-electron chi connectivity index (χ0n) is 9.24. The van der Waals surface area contributed by atoms with Crippen molar-refractivity contribution < 1.29 is 19.4 Å². The molecule has 4 nitrogen and oxygen atoms in total. The van der Waals surface area contributed by atoms with Crippen LogP contribution in [0.2, 0.25) is 0 Å². The fourth-order valence-electron chi connectivity index (χ4n) is 1.50. The van der Waals surface area contributed by atoms with E-state index >= 15 is 0 Å². The molecular weight excluding hydrogens is 272 g/mol. The Kier molecular flexibility index (Phi) is 4.11. The van der Waals surface area contributed by atoms with Gasteiger partial charge in [-0.1, -0.05) is 12.1 Å². The van der Waals surface area contributed by atoms with E-state index in [1.54, 1.807) is 0 Å². The molecule has 18 heavy (non-hydrogen) atoms. The Labute approximate surface area is 111 Å². The maximum atomic E-state index is 12.0. The fraction of sp³-hybridized carbons (Fsp3) is 0.167. The predicted octanol–water partition coefficient (Wildman–Crippen LogP) is 2.57. The van der Waals surface area contributed by atoms with Gasteiger partial charge < -0.3 is 9.84 Å². The van der Waals surface area contributed by atoms with Gasteiger partial charge in [-0.3, -0.25) is 4.79 Å². The van der Waals surface area contributed by atoms with Crippen LogP contribution in [0.1, 0.15) is 15.7 Å². The molecule has 0 atom stereocenters. The van der Waals surface area contributed by atoms with E-state index in [1.165, 1.54) is 22.7 Å². The molecule has 0 saturated carbocycles. The molecule has 2 rings (SSSR count). The molecule has 0 aliphatic carbocycles. The molecule has 0 aromatic carbocycles. The first-order valence-corrected chi connectivity index (χ1v) is 6.89. The Balaban J connectivity index is 2.21. The smallest absolute Gasteiger partial charge is 0.341 e. The molecule has 0 fully saturated rings. The number of carboxylic acids is 1. The van der Waals surface area contributed by atoms with Crippen molar-refractivity contribution >= 4 is 34.6 Å². The van der Waals surface area contributed by atoms with Crippen molar-refractivity contribution in [3.8, 4) is 0 Å². The first-order chi connectivity index (χ1) is 8.68. The van der Waals surface area contributed by atoms with E-state index in [0.717, 1.165) is 9.75 Å². The first kappa shape index (κ1) is 12.8. The highest BCUT2D eigenvalue weighted by Crippen LogP contribution is 2.32. The van der Waals surface area contributed by atoms with Gasteiger partial charge in [0.25, 0.3) is 0 Å². The molecule has 1 N–H and O–H groups in total. The third-order valence-corrected chi connectivity index (χ3v) is 4.10. The molecule has 2 aromatic rings. The minimum absolute atomic E-state index is 0.524. The number of hydrogen-bond donors (Lipinski definition) is 1. The first-order valence-electron chi connectivity index (χ1n) is 5.13. The van der Waals surface area contributed by atoms with Crippen molar-refractivity contribution in [2.75, 3.05) is 6.61 Å². The molecule has 0 bridgehead atoms. The minimum atomic E-state index is -1.15. The molecule has 0 spiro atoms. The van der Waals surface area contributed by atoms with Crippen LogP contribution in [0.3, 0.4) is 0 Å². The number of carbonyl (C=O) groups is 2. The van der Waals surface area contributed by atoms with Crippen molar-refractivity contribution in [2.24, 2.45) is 0 Å². The standard InChI is InChI=1S/C12H10O4S2/c13-10(14)7-16-12(15)11(8-3-1-5-17-8)9-4-2-6-18-9/h1-6,11H,7H2,(H,13,14). The van der Waals surface area contributed by atoms with Crippen LogP contribution >= 0.6 is 22.7 Å². The topological polar surface area (TPSA) is 63.6 Å². The van der Waals surface area contributed by atoms with Gasteiger partial charge in [-0.25, -0.2) is 4.79 Å². The normalized spacial score (nSPS) is 10.5. The van der Waals surface area contributed by atoms with E-state index in [-0.39, 0.29) is 0 Å². The molecule has 0 aliphatic heterocycles. The largest absolute Gasteiger partial charge is 0.479 e. The van der Waals surface area contributed by atoms with Gasteiger partial charge in [-0.2, -0.15) is 0 Å². The number of rotatable bonds is 5. The van der Waals surface area contributed by atoms with Gasteiger partial charge in [0.15, 0.2) is 6.61 Å². The number of thiophene rings is 2. The van der Waals surface area contributed by atoms with Gasteiger partial charge in [0.05, 0.1) is 0 Å². The molecule has 0 amide bonds. The molecule has 0 saturated heterocycles. The zero-order chi connectivity index (χ0) is 13.0. The van der Waals surface area contributed by atoms with Crippen LogP contribution in [0.5, 0.6) is 0 Å². The Hall–Kier alpha value is -1.66. The second kappa shape index (κ2) is 5.79. The second-order valence-corrected chi connectivity index (χ2v) is 5.42. The van der Waals surface area contributed by atoms with Gasteiger partial charge >= 0.3 is 11.9 Å². The van der Waals surface area contributed by atoms with E-state index in [4.69, 9.17) is 9.84 Å². The van der Waals surface area contributed by atoms with Crippen molar-refractivity contribution in [2.45, 2.75) is 5.92 Å². The van der Waals surface area contributed by atoms with Gasteiger partial charge in [0.1, 0.15) is 5.92 Å². The number of ether oxygens (including phenoxy) is 1. The second-order valence-electron chi connectivity index (χ2n) is 3.47. The fourth-order valence-corrected chi connectivity index (χ4v) is 3.24. The predicted molar refractivity (Wildman–Crippen MR) is 69.1 cm³/mol. The molecule has 6 heteroatoms. The monoisotopic (exact) mass is 282 g/mol. The summed E-state index contributed by atoms with van der Waals surface area (Å²) in [6.07, 6.45) is 0. The van der Waals surface area contributed by atoms with Crippen LogP contribution in [0.25, 0.3) is 0 Å². The van der Waals surface area contributed by atoms with Gasteiger partial charge in [-0.05, 0) is 22.9 Å². The highest BCUT2D eigenvalue weighted by atomic mass is 32.1. The lowest BCUT2D eigenvalue weighted by Gasteiger charge is -2.12. The Morgan fingerprint density at radius 1 is 1.17 bits per heavy atom. The molecule has 0 aliphatic rings. The molecule has 94 valence electrons. The Morgan fingerprint density at radius 2 is 1.72 bits per heavy atom. The van der Waals surface area contributed by atoms with Crippen molar-refractivity contribution in [1.82, 2.24) is 0 Å². The average Bonchev–Trinajstić information content (AvgIpc) is 2.99. The highest BCUT2D eigenvalue weighted by Gasteiger charge is 2.26. The maximum Gasteiger partial charge on any atom is 0.341 e. The van der Waals surface area contributed by atoms with Crippen LogP contribution < -0.4 is 0 Å². The summed E-state index contributed by atoms with van der Waals surface area (Å²) in [6.45, 7) is -0.605. The lowest BCUT2D eigenvalue weighted by molar-refractivity contribution is -0.155. The van der Waals surface area contributed by atoms with Crippen molar-refractivity contribution in [1.29, 1.82) is 0 Å². The van der Waals surface area contributed by atoms with Crippen LogP contribution in [-0.2, 0) is 14.3 Å². The third-order valence-electron chi connectivity index (χ3n) is 2.23. The van der Waals surface area contributed by atoms with Crippen LogP contribution in [0.4, 0.5) is 0 Å². The SMILES string of the molecule is O=C(O)COC(=O)C(c1cccs1)c1cccs1. The number of esters is 1. The number of hydrogen-bond acceptors (Lipinski definition) is 5. The molecule has 2 aromatic heterocycles. The number of aliphatic carboxylic acids is 1. The van der Waals surface area contributed by atoms with Crippen LogP contribution in [0, 0.1) is 0 Å². The van der Waals surface area contributed by atoms with Crippen molar-refractivity contribution in [3.63, 3.8) is 0 Å². The van der Waals surface area contributed by atoms with Gasteiger partial charge in [0.2, 0.25) is 0 Å². The molecule has 0 radical (unpaired) electrons. The quantitative estimate of drug-likeness (QED) is 0.856. The summed E-state index contributed by atoms with van der Waals surface area (Å²) in [5.74, 6) is -2.20. The van der Waals surface area contributed by atoms with E-state index in [9.17, 15) is 9.59 Å². The lowest BCUT2D eigenvalue weighted by Crippen LogP contribution is -2.19. The Morgan fingerprint density at radius 3 is 2.11 bits per heavy atom. The summed E-state index contributed by atoms with van der Waals surface area (Å²) in [4.78, 5) is 24.1. The lowest BCUT2D eigenvalue weighted by atomic mass is 10.1.